The number of carbonyl (C=O) groups excluding carboxylic acids is 1. The van der Waals surface area contributed by atoms with Crippen LogP contribution in [0.3, 0.4) is 0 Å². The number of benzene rings is 2. The van der Waals surface area contributed by atoms with Crippen LogP contribution in [0, 0.1) is 18.8 Å². The molecule has 0 bridgehead atoms. The van der Waals surface area contributed by atoms with Crippen molar-refractivity contribution in [2.45, 2.75) is 12.8 Å². The Hall–Kier alpha value is -2.99. The number of methoxy groups -OCH3 is 2. The highest BCUT2D eigenvalue weighted by molar-refractivity contribution is 5.90. The highest BCUT2D eigenvalue weighted by Gasteiger charge is 2.19. The molecule has 122 valence electrons. The molecule has 0 heterocycles. The van der Waals surface area contributed by atoms with Crippen LogP contribution in [0.1, 0.15) is 22.6 Å². The van der Waals surface area contributed by atoms with E-state index in [4.69, 9.17) is 9.47 Å². The van der Waals surface area contributed by atoms with Crippen LogP contribution in [0.2, 0.25) is 0 Å². The van der Waals surface area contributed by atoms with Gasteiger partial charge in [-0.1, -0.05) is 48.2 Å². The maximum Gasteiger partial charge on any atom is 0.334 e. The molecule has 0 N–H and O–H groups in total. The summed E-state index contributed by atoms with van der Waals surface area (Å²) in [7, 11) is 2.96. The summed E-state index contributed by atoms with van der Waals surface area (Å²) in [6.45, 7) is 5.88. The van der Waals surface area contributed by atoms with Gasteiger partial charge in [-0.15, -0.1) is 0 Å². The topological polar surface area (TPSA) is 35.5 Å². The van der Waals surface area contributed by atoms with Gasteiger partial charge in [-0.2, -0.15) is 0 Å². The van der Waals surface area contributed by atoms with Crippen molar-refractivity contribution < 1.29 is 14.3 Å². The van der Waals surface area contributed by atoms with Crippen LogP contribution in [0.25, 0.3) is 0 Å². The summed E-state index contributed by atoms with van der Waals surface area (Å²) in [4.78, 5) is 11.9. The van der Waals surface area contributed by atoms with Crippen molar-refractivity contribution in [1.82, 2.24) is 0 Å². The standard InChI is InChI=1S/C21H20O3/c1-15-5-10-18(11-6-15)20(16(2)21(22)24-4)14-9-17-7-12-19(23-3)13-8-17/h5-8,10-13,20H,2H2,1,3-4H3/t20-/m0/s1. The van der Waals surface area contributed by atoms with E-state index < -0.39 is 11.9 Å². The van der Waals surface area contributed by atoms with Gasteiger partial charge >= 0.3 is 5.97 Å². The molecule has 0 saturated heterocycles. The monoisotopic (exact) mass is 320 g/mol. The van der Waals surface area contributed by atoms with Crippen molar-refractivity contribution in [3.63, 3.8) is 0 Å². The van der Waals surface area contributed by atoms with Gasteiger partial charge in [0.05, 0.1) is 20.1 Å². The molecule has 0 aliphatic heterocycles. The number of esters is 1. The molecule has 0 fully saturated rings. The van der Waals surface area contributed by atoms with E-state index in [-0.39, 0.29) is 0 Å². The molecule has 2 aromatic carbocycles. The van der Waals surface area contributed by atoms with E-state index >= 15 is 0 Å². The lowest BCUT2D eigenvalue weighted by Crippen LogP contribution is -2.11. The maximum atomic E-state index is 11.9. The molecule has 2 rings (SSSR count). The van der Waals surface area contributed by atoms with E-state index in [1.54, 1.807) is 7.11 Å². The number of carbonyl (C=O) groups is 1. The molecule has 0 saturated carbocycles. The molecule has 0 amide bonds. The summed E-state index contributed by atoms with van der Waals surface area (Å²) in [5.41, 5.74) is 3.22. The summed E-state index contributed by atoms with van der Waals surface area (Å²) in [6, 6.07) is 15.3. The van der Waals surface area contributed by atoms with Crippen molar-refractivity contribution in [2.75, 3.05) is 14.2 Å². The van der Waals surface area contributed by atoms with Crippen molar-refractivity contribution in [2.24, 2.45) is 0 Å². The predicted molar refractivity (Wildman–Crippen MR) is 94.9 cm³/mol. The fourth-order valence-electron chi connectivity index (χ4n) is 2.21. The van der Waals surface area contributed by atoms with Crippen LogP contribution in [0.5, 0.6) is 5.75 Å². The van der Waals surface area contributed by atoms with Gasteiger partial charge in [0.2, 0.25) is 0 Å². The summed E-state index contributed by atoms with van der Waals surface area (Å²) in [5.74, 6) is 6.13. The fraction of sp³-hybridized carbons (Fsp3) is 0.190. The Balaban J connectivity index is 2.35. The first-order chi connectivity index (χ1) is 11.5. The fourth-order valence-corrected chi connectivity index (χ4v) is 2.21. The smallest absolute Gasteiger partial charge is 0.334 e. The second kappa shape index (κ2) is 8.03. The van der Waals surface area contributed by atoms with Gasteiger partial charge < -0.3 is 9.47 Å². The molecule has 0 aromatic heterocycles. The van der Waals surface area contributed by atoms with Gasteiger partial charge in [0.15, 0.2) is 0 Å². The highest BCUT2D eigenvalue weighted by Crippen LogP contribution is 2.24. The summed E-state index contributed by atoms with van der Waals surface area (Å²) >= 11 is 0. The van der Waals surface area contributed by atoms with E-state index in [9.17, 15) is 4.79 Å². The molecule has 0 aliphatic rings. The number of hydrogen-bond acceptors (Lipinski definition) is 3. The van der Waals surface area contributed by atoms with E-state index in [2.05, 4.69) is 18.4 Å². The third-order valence-corrected chi connectivity index (χ3v) is 3.66. The third-order valence-electron chi connectivity index (χ3n) is 3.66. The van der Waals surface area contributed by atoms with Crippen molar-refractivity contribution in [1.29, 1.82) is 0 Å². The Morgan fingerprint density at radius 2 is 1.67 bits per heavy atom. The second-order valence-electron chi connectivity index (χ2n) is 5.36. The molecule has 1 atom stereocenters. The van der Waals surface area contributed by atoms with Crippen molar-refractivity contribution in [3.8, 4) is 17.6 Å². The molecule has 3 heteroatoms. The SMILES string of the molecule is C=C(C(=O)OC)[C@H](C#Cc1ccc(OC)cc1)c1ccc(C)cc1. The Labute approximate surface area is 142 Å². The van der Waals surface area contributed by atoms with Crippen LogP contribution in [0.15, 0.2) is 60.7 Å². The first kappa shape index (κ1) is 17.4. The minimum absolute atomic E-state index is 0.322. The first-order valence-electron chi connectivity index (χ1n) is 7.54. The summed E-state index contributed by atoms with van der Waals surface area (Å²) < 4.78 is 9.93. The molecular weight excluding hydrogens is 300 g/mol. The van der Waals surface area contributed by atoms with Crippen LogP contribution in [-0.2, 0) is 9.53 Å². The van der Waals surface area contributed by atoms with Crippen LogP contribution >= 0.6 is 0 Å². The zero-order valence-electron chi connectivity index (χ0n) is 14.1. The number of ether oxygens (including phenoxy) is 2. The normalized spacial score (nSPS) is 11.0. The maximum absolute atomic E-state index is 11.9. The molecular formula is C21H20O3. The molecule has 2 aromatic rings. The lowest BCUT2D eigenvalue weighted by Gasteiger charge is -2.13. The van der Waals surface area contributed by atoms with Gasteiger partial charge in [0.25, 0.3) is 0 Å². The van der Waals surface area contributed by atoms with E-state index in [0.29, 0.717) is 5.57 Å². The zero-order chi connectivity index (χ0) is 17.5. The summed E-state index contributed by atoms with van der Waals surface area (Å²) in [5, 5.41) is 0. The van der Waals surface area contributed by atoms with Gasteiger partial charge in [-0.25, -0.2) is 4.79 Å². The average Bonchev–Trinajstić information content (AvgIpc) is 2.62. The quantitative estimate of drug-likeness (QED) is 0.487. The number of hydrogen-bond donors (Lipinski definition) is 0. The molecule has 3 nitrogen and oxygen atoms in total. The Bertz CT molecular complexity index is 775. The lowest BCUT2D eigenvalue weighted by atomic mass is 9.91. The zero-order valence-corrected chi connectivity index (χ0v) is 14.1. The van der Waals surface area contributed by atoms with Crippen molar-refractivity contribution in [3.05, 3.63) is 77.4 Å². The van der Waals surface area contributed by atoms with Crippen LogP contribution < -0.4 is 4.74 Å². The molecule has 0 aliphatic carbocycles. The van der Waals surface area contributed by atoms with Gasteiger partial charge in [-0.05, 0) is 36.8 Å². The highest BCUT2D eigenvalue weighted by atomic mass is 16.5. The molecule has 0 unspecified atom stereocenters. The Kier molecular flexibility index (Phi) is 5.81. The van der Waals surface area contributed by atoms with Crippen LogP contribution in [0.4, 0.5) is 0 Å². The van der Waals surface area contributed by atoms with Gasteiger partial charge in [0, 0.05) is 11.1 Å². The van der Waals surface area contributed by atoms with Gasteiger partial charge in [0.1, 0.15) is 5.75 Å². The minimum atomic E-state index is -0.454. The molecule has 0 radical (unpaired) electrons. The third kappa shape index (κ3) is 4.27. The first-order valence-corrected chi connectivity index (χ1v) is 7.54. The largest absolute Gasteiger partial charge is 0.497 e. The van der Waals surface area contributed by atoms with Gasteiger partial charge in [-0.3, -0.25) is 0 Å². The average molecular weight is 320 g/mol. The van der Waals surface area contributed by atoms with E-state index in [1.165, 1.54) is 7.11 Å². The predicted octanol–water partition coefficient (Wildman–Crippen LogP) is 3.87. The van der Waals surface area contributed by atoms with Crippen LogP contribution in [-0.4, -0.2) is 20.2 Å². The van der Waals surface area contributed by atoms with Crippen molar-refractivity contribution >= 4 is 5.97 Å². The number of aryl methyl sites for hydroxylation is 1. The Morgan fingerprint density at radius 3 is 2.21 bits per heavy atom. The van der Waals surface area contributed by atoms with E-state index in [0.717, 1.165) is 22.4 Å². The minimum Gasteiger partial charge on any atom is -0.497 e. The molecule has 0 spiro atoms. The molecule has 24 heavy (non-hydrogen) atoms. The van der Waals surface area contributed by atoms with E-state index in [1.807, 2.05) is 55.5 Å². The summed E-state index contributed by atoms with van der Waals surface area (Å²) in [6.07, 6.45) is 0. The lowest BCUT2D eigenvalue weighted by molar-refractivity contribution is -0.136. The Morgan fingerprint density at radius 1 is 1.04 bits per heavy atom. The number of rotatable bonds is 4. The second-order valence-corrected chi connectivity index (χ2v) is 5.36.